The van der Waals surface area contributed by atoms with E-state index in [1.165, 1.54) is 5.56 Å². The highest BCUT2D eigenvalue weighted by Gasteiger charge is 2.24. The smallest absolute Gasteiger partial charge is 0.172 e. The summed E-state index contributed by atoms with van der Waals surface area (Å²) in [5.74, 6) is 1.86. The van der Waals surface area contributed by atoms with Gasteiger partial charge in [-0.05, 0) is 18.4 Å². The molecular weight excluding hydrogens is 288 g/mol. The molecule has 1 atom stereocenters. The number of hydrogen-bond donors (Lipinski definition) is 0. The van der Waals surface area contributed by atoms with Crippen molar-refractivity contribution >= 4 is 11.6 Å². The van der Waals surface area contributed by atoms with E-state index in [4.69, 9.17) is 4.74 Å². The van der Waals surface area contributed by atoms with Crippen molar-refractivity contribution < 1.29 is 4.74 Å². The van der Waals surface area contributed by atoms with E-state index in [2.05, 4.69) is 45.2 Å². The molecule has 5 nitrogen and oxygen atoms in total. The monoisotopic (exact) mass is 312 g/mol. The van der Waals surface area contributed by atoms with E-state index in [0.29, 0.717) is 0 Å². The maximum Gasteiger partial charge on any atom is 0.172 e. The van der Waals surface area contributed by atoms with E-state index < -0.39 is 0 Å². The summed E-state index contributed by atoms with van der Waals surface area (Å²) in [6.07, 6.45) is 5.81. The van der Waals surface area contributed by atoms with Crippen LogP contribution in [0.1, 0.15) is 12.0 Å². The second kappa shape index (κ2) is 7.42. The van der Waals surface area contributed by atoms with Crippen LogP contribution in [0.2, 0.25) is 0 Å². The molecular formula is C18H24N4O. The average Bonchev–Trinajstić information content (AvgIpc) is 2.61. The minimum absolute atomic E-state index is 0.237. The lowest BCUT2D eigenvalue weighted by molar-refractivity contribution is 0.0352. The number of anilines is 2. The highest BCUT2D eigenvalue weighted by molar-refractivity contribution is 5.61. The van der Waals surface area contributed by atoms with E-state index in [1.807, 2.05) is 19.0 Å². The highest BCUT2D eigenvalue weighted by Crippen LogP contribution is 2.25. The first-order valence-corrected chi connectivity index (χ1v) is 8.13. The lowest BCUT2D eigenvalue weighted by Gasteiger charge is -2.35. The summed E-state index contributed by atoms with van der Waals surface area (Å²) < 4.78 is 5.95. The maximum atomic E-state index is 5.95. The van der Waals surface area contributed by atoms with Gasteiger partial charge in [0.2, 0.25) is 0 Å². The van der Waals surface area contributed by atoms with E-state index in [-0.39, 0.29) is 6.10 Å². The number of benzene rings is 1. The predicted molar refractivity (Wildman–Crippen MR) is 93.1 cm³/mol. The number of hydrogen-bond acceptors (Lipinski definition) is 5. The van der Waals surface area contributed by atoms with Gasteiger partial charge in [0.05, 0.1) is 12.7 Å². The Bertz CT molecular complexity index is 617. The Morgan fingerprint density at radius 3 is 2.74 bits per heavy atom. The first-order chi connectivity index (χ1) is 11.2. The summed E-state index contributed by atoms with van der Waals surface area (Å²) in [6, 6.07) is 10.6. The molecule has 1 saturated heterocycles. The van der Waals surface area contributed by atoms with Crippen LogP contribution in [0, 0.1) is 0 Å². The van der Waals surface area contributed by atoms with Crippen molar-refractivity contribution in [2.24, 2.45) is 0 Å². The fourth-order valence-electron chi connectivity index (χ4n) is 2.92. The van der Waals surface area contributed by atoms with Crippen molar-refractivity contribution in [3.63, 3.8) is 0 Å². The SMILES string of the molecule is CN(C)c1nccnc1N1CCOC(CCc2ccccc2)C1. The summed E-state index contributed by atoms with van der Waals surface area (Å²) in [4.78, 5) is 13.3. The van der Waals surface area contributed by atoms with Crippen LogP contribution >= 0.6 is 0 Å². The van der Waals surface area contributed by atoms with Gasteiger partial charge in [-0.3, -0.25) is 0 Å². The third-order valence-corrected chi connectivity index (χ3v) is 4.12. The molecule has 1 fully saturated rings. The Morgan fingerprint density at radius 1 is 1.17 bits per heavy atom. The first-order valence-electron chi connectivity index (χ1n) is 8.13. The Hall–Kier alpha value is -2.14. The van der Waals surface area contributed by atoms with Gasteiger partial charge in [-0.15, -0.1) is 0 Å². The van der Waals surface area contributed by atoms with Crippen molar-refractivity contribution in [2.45, 2.75) is 18.9 Å². The summed E-state index contributed by atoms with van der Waals surface area (Å²) in [5.41, 5.74) is 1.36. The summed E-state index contributed by atoms with van der Waals surface area (Å²) in [6.45, 7) is 2.47. The third-order valence-electron chi connectivity index (χ3n) is 4.12. The van der Waals surface area contributed by atoms with Crippen LogP contribution in [0.5, 0.6) is 0 Å². The van der Waals surface area contributed by atoms with E-state index in [9.17, 15) is 0 Å². The van der Waals surface area contributed by atoms with Crippen LogP contribution in [0.3, 0.4) is 0 Å². The normalized spacial score (nSPS) is 18.0. The molecule has 0 N–H and O–H groups in total. The minimum Gasteiger partial charge on any atom is -0.375 e. The van der Waals surface area contributed by atoms with Crippen molar-refractivity contribution in [2.75, 3.05) is 43.6 Å². The molecule has 2 heterocycles. The molecule has 0 amide bonds. The number of nitrogens with zero attached hydrogens (tertiary/aromatic N) is 4. The summed E-state index contributed by atoms with van der Waals surface area (Å²) in [7, 11) is 4.00. The van der Waals surface area contributed by atoms with E-state index >= 15 is 0 Å². The molecule has 0 aliphatic carbocycles. The molecule has 23 heavy (non-hydrogen) atoms. The van der Waals surface area contributed by atoms with Crippen LogP contribution in [0.15, 0.2) is 42.7 Å². The van der Waals surface area contributed by atoms with Gasteiger partial charge < -0.3 is 14.5 Å². The van der Waals surface area contributed by atoms with Gasteiger partial charge in [0, 0.05) is 39.6 Å². The van der Waals surface area contributed by atoms with Gasteiger partial charge in [0.15, 0.2) is 11.6 Å². The molecule has 2 aromatic rings. The van der Waals surface area contributed by atoms with Crippen molar-refractivity contribution in [1.29, 1.82) is 0 Å². The topological polar surface area (TPSA) is 41.5 Å². The zero-order valence-corrected chi connectivity index (χ0v) is 13.9. The first kappa shape index (κ1) is 15.7. The predicted octanol–water partition coefficient (Wildman–Crippen LogP) is 2.38. The van der Waals surface area contributed by atoms with Gasteiger partial charge in [-0.2, -0.15) is 0 Å². The molecule has 122 valence electrons. The minimum atomic E-state index is 0.237. The van der Waals surface area contributed by atoms with E-state index in [0.717, 1.165) is 44.2 Å². The molecule has 1 aromatic heterocycles. The van der Waals surface area contributed by atoms with Crippen molar-refractivity contribution in [3.05, 3.63) is 48.3 Å². The lowest BCUT2D eigenvalue weighted by Crippen LogP contribution is -2.43. The van der Waals surface area contributed by atoms with Crippen LogP contribution < -0.4 is 9.80 Å². The molecule has 1 aliphatic heterocycles. The fraction of sp³-hybridized carbons (Fsp3) is 0.444. The van der Waals surface area contributed by atoms with Gasteiger partial charge in [0.1, 0.15) is 0 Å². The fourth-order valence-corrected chi connectivity index (χ4v) is 2.92. The quantitative estimate of drug-likeness (QED) is 0.848. The zero-order chi connectivity index (χ0) is 16.1. The molecule has 0 bridgehead atoms. The molecule has 0 saturated carbocycles. The molecule has 3 rings (SSSR count). The van der Waals surface area contributed by atoms with Gasteiger partial charge in [0.25, 0.3) is 0 Å². The maximum absolute atomic E-state index is 5.95. The van der Waals surface area contributed by atoms with Crippen LogP contribution in [-0.4, -0.2) is 49.9 Å². The Morgan fingerprint density at radius 2 is 1.96 bits per heavy atom. The number of aryl methyl sites for hydroxylation is 1. The number of ether oxygens (including phenoxy) is 1. The number of rotatable bonds is 5. The van der Waals surface area contributed by atoms with Gasteiger partial charge in [-0.1, -0.05) is 30.3 Å². The Labute approximate surface area is 137 Å². The molecule has 1 aromatic carbocycles. The zero-order valence-electron chi connectivity index (χ0n) is 13.9. The Balaban J connectivity index is 1.64. The largest absolute Gasteiger partial charge is 0.375 e. The van der Waals surface area contributed by atoms with Gasteiger partial charge >= 0.3 is 0 Å². The Kier molecular flexibility index (Phi) is 5.08. The average molecular weight is 312 g/mol. The number of aromatic nitrogens is 2. The van der Waals surface area contributed by atoms with Crippen LogP contribution in [0.25, 0.3) is 0 Å². The van der Waals surface area contributed by atoms with E-state index in [1.54, 1.807) is 12.4 Å². The van der Waals surface area contributed by atoms with Gasteiger partial charge in [-0.25, -0.2) is 9.97 Å². The summed E-state index contributed by atoms with van der Waals surface area (Å²) >= 11 is 0. The van der Waals surface area contributed by atoms with Crippen LogP contribution in [-0.2, 0) is 11.2 Å². The molecule has 0 spiro atoms. The van der Waals surface area contributed by atoms with Crippen molar-refractivity contribution in [3.8, 4) is 0 Å². The van der Waals surface area contributed by atoms with Crippen LogP contribution in [0.4, 0.5) is 11.6 Å². The molecule has 0 radical (unpaired) electrons. The molecule has 1 unspecified atom stereocenters. The van der Waals surface area contributed by atoms with Crippen molar-refractivity contribution in [1.82, 2.24) is 9.97 Å². The third kappa shape index (κ3) is 3.99. The summed E-state index contributed by atoms with van der Waals surface area (Å²) in [5, 5.41) is 0. The number of morpholine rings is 1. The second-order valence-corrected chi connectivity index (χ2v) is 6.06. The molecule has 5 heteroatoms. The highest BCUT2D eigenvalue weighted by atomic mass is 16.5. The standard InChI is InChI=1S/C18H24N4O/c1-21(2)17-18(20-11-10-19-17)22-12-13-23-16(14-22)9-8-15-6-4-3-5-7-15/h3-7,10-11,16H,8-9,12-14H2,1-2H3. The second-order valence-electron chi connectivity index (χ2n) is 6.06. The molecule has 1 aliphatic rings. The lowest BCUT2D eigenvalue weighted by atomic mass is 10.1.